The molecule has 1 amide bonds. The Morgan fingerprint density at radius 2 is 2.00 bits per heavy atom. The predicted octanol–water partition coefficient (Wildman–Crippen LogP) is 1.81. The third-order valence-electron chi connectivity index (χ3n) is 4.88. The molecule has 4 rings (SSSR count). The fraction of sp³-hybridized carbons (Fsp3) is 0.389. The number of aromatic nitrogens is 4. The zero-order valence-corrected chi connectivity index (χ0v) is 16.5. The summed E-state index contributed by atoms with van der Waals surface area (Å²) in [5.74, 6) is 0.0430. The summed E-state index contributed by atoms with van der Waals surface area (Å²) in [7, 11) is 0. The quantitative estimate of drug-likeness (QED) is 0.672. The molecule has 1 aliphatic heterocycles. The van der Waals surface area contributed by atoms with Gasteiger partial charge in [0, 0.05) is 37.8 Å². The first kappa shape index (κ1) is 21.2. The van der Waals surface area contributed by atoms with E-state index in [-0.39, 0.29) is 30.7 Å². The number of fused-ring (bicyclic) bond motifs is 1. The summed E-state index contributed by atoms with van der Waals surface area (Å²) >= 11 is 0. The molecule has 1 fully saturated rings. The maximum absolute atomic E-state index is 13.0. The first-order valence-electron chi connectivity index (χ1n) is 8.70. The van der Waals surface area contributed by atoms with Crippen molar-refractivity contribution in [3.05, 3.63) is 54.7 Å². The third kappa shape index (κ3) is 4.26. The summed E-state index contributed by atoms with van der Waals surface area (Å²) in [5, 5.41) is 10.8. The smallest absolute Gasteiger partial charge is 0.248 e. The van der Waals surface area contributed by atoms with Gasteiger partial charge in [-0.05, 0) is 44.1 Å². The Morgan fingerprint density at radius 1 is 1.19 bits per heavy atom. The number of pyridine rings is 1. The molecule has 0 spiro atoms. The van der Waals surface area contributed by atoms with Crippen LogP contribution in [-0.2, 0) is 16.8 Å². The van der Waals surface area contributed by atoms with Crippen LogP contribution < -0.4 is 10.6 Å². The van der Waals surface area contributed by atoms with Gasteiger partial charge in [0.25, 0.3) is 0 Å². The molecular formula is C18H24Cl2N6O. The van der Waals surface area contributed by atoms with E-state index in [4.69, 9.17) is 0 Å². The molecule has 0 atom stereocenters. The van der Waals surface area contributed by atoms with Gasteiger partial charge in [0.05, 0.1) is 5.69 Å². The van der Waals surface area contributed by atoms with Crippen molar-refractivity contribution in [3.63, 3.8) is 0 Å². The molecule has 146 valence electrons. The molecule has 0 unspecified atom stereocenters. The summed E-state index contributed by atoms with van der Waals surface area (Å²) in [6, 6.07) is 7.79. The molecule has 2 N–H and O–H groups in total. The van der Waals surface area contributed by atoms with E-state index in [0.717, 1.165) is 37.3 Å². The van der Waals surface area contributed by atoms with Crippen LogP contribution in [0.5, 0.6) is 0 Å². The standard InChI is InChI=1S/C18H22N6O.2ClH/c25-17(18(6-10-19-11-7-18)24-13-3-8-21-24)20-9-5-15-14-23-12-2-1-4-16(23)22-15;;/h1-4,8,12-14,19H,5-7,9-11H2,(H,20,25);2*1H. The Bertz CT molecular complexity index is 825. The van der Waals surface area contributed by atoms with Crippen LogP contribution in [0.3, 0.4) is 0 Å². The van der Waals surface area contributed by atoms with Crippen molar-refractivity contribution in [2.75, 3.05) is 19.6 Å². The average Bonchev–Trinajstić information content (AvgIpc) is 3.32. The van der Waals surface area contributed by atoms with Crippen LogP contribution in [-0.4, -0.2) is 44.7 Å². The normalized spacial score (nSPS) is 15.6. The number of piperidine rings is 1. The lowest BCUT2D eigenvalue weighted by Crippen LogP contribution is -2.54. The number of hydrogen-bond acceptors (Lipinski definition) is 4. The maximum Gasteiger partial charge on any atom is 0.248 e. The number of hydrogen-bond donors (Lipinski definition) is 2. The van der Waals surface area contributed by atoms with Crippen LogP contribution in [0.15, 0.2) is 49.1 Å². The molecule has 9 heteroatoms. The Morgan fingerprint density at radius 3 is 2.70 bits per heavy atom. The van der Waals surface area contributed by atoms with Crippen LogP contribution in [0.4, 0.5) is 0 Å². The fourth-order valence-corrected chi connectivity index (χ4v) is 3.50. The number of amides is 1. The average molecular weight is 411 g/mol. The molecule has 3 aromatic rings. The molecule has 3 aromatic heterocycles. The third-order valence-corrected chi connectivity index (χ3v) is 4.88. The van der Waals surface area contributed by atoms with Crippen molar-refractivity contribution in [2.24, 2.45) is 0 Å². The highest BCUT2D eigenvalue weighted by Crippen LogP contribution is 2.27. The Balaban J connectivity index is 0.00000131. The first-order chi connectivity index (χ1) is 12.3. The molecule has 0 aromatic carbocycles. The maximum atomic E-state index is 13.0. The van der Waals surface area contributed by atoms with Gasteiger partial charge in [-0.1, -0.05) is 6.07 Å². The number of nitrogens with one attached hydrogen (secondary N) is 2. The molecular weight excluding hydrogens is 387 g/mol. The van der Waals surface area contributed by atoms with E-state index < -0.39 is 5.54 Å². The molecule has 1 aliphatic rings. The van der Waals surface area contributed by atoms with Crippen LogP contribution in [0.1, 0.15) is 18.5 Å². The summed E-state index contributed by atoms with van der Waals surface area (Å²) in [6.07, 6.45) is 9.80. The second kappa shape index (κ2) is 9.21. The zero-order valence-electron chi connectivity index (χ0n) is 14.9. The number of carbonyl (C=O) groups is 1. The summed E-state index contributed by atoms with van der Waals surface area (Å²) in [5.41, 5.74) is 1.31. The van der Waals surface area contributed by atoms with Crippen LogP contribution in [0, 0.1) is 0 Å². The largest absolute Gasteiger partial charge is 0.354 e. The van der Waals surface area contributed by atoms with E-state index in [9.17, 15) is 4.79 Å². The Hall–Kier alpha value is -2.09. The van der Waals surface area contributed by atoms with Gasteiger partial charge in [0.15, 0.2) is 0 Å². The van der Waals surface area contributed by atoms with E-state index >= 15 is 0 Å². The monoisotopic (exact) mass is 410 g/mol. The molecule has 0 saturated carbocycles. The van der Waals surface area contributed by atoms with Gasteiger partial charge in [0.2, 0.25) is 5.91 Å². The minimum absolute atomic E-state index is 0. The van der Waals surface area contributed by atoms with Crippen LogP contribution in [0.2, 0.25) is 0 Å². The topological polar surface area (TPSA) is 76.2 Å². The van der Waals surface area contributed by atoms with Crippen molar-refractivity contribution in [3.8, 4) is 0 Å². The lowest BCUT2D eigenvalue weighted by atomic mass is 9.87. The Kier molecular flexibility index (Phi) is 7.24. The van der Waals surface area contributed by atoms with Crippen molar-refractivity contribution in [1.82, 2.24) is 29.8 Å². The number of carbonyl (C=O) groups excluding carboxylic acids is 1. The van der Waals surface area contributed by atoms with Gasteiger partial charge >= 0.3 is 0 Å². The first-order valence-corrected chi connectivity index (χ1v) is 8.70. The van der Waals surface area contributed by atoms with Gasteiger partial charge in [-0.15, -0.1) is 24.8 Å². The minimum Gasteiger partial charge on any atom is -0.354 e. The van der Waals surface area contributed by atoms with Gasteiger partial charge in [-0.25, -0.2) is 4.98 Å². The molecule has 27 heavy (non-hydrogen) atoms. The van der Waals surface area contributed by atoms with E-state index in [2.05, 4.69) is 20.7 Å². The fourth-order valence-electron chi connectivity index (χ4n) is 3.50. The summed E-state index contributed by atoms with van der Waals surface area (Å²) in [6.45, 7) is 2.21. The van der Waals surface area contributed by atoms with Crippen LogP contribution >= 0.6 is 24.8 Å². The molecule has 4 heterocycles. The molecule has 0 radical (unpaired) electrons. The van der Waals surface area contributed by atoms with E-state index in [1.807, 2.05) is 51.9 Å². The minimum atomic E-state index is -0.590. The highest BCUT2D eigenvalue weighted by atomic mass is 35.5. The van der Waals surface area contributed by atoms with Crippen molar-refractivity contribution in [2.45, 2.75) is 24.8 Å². The number of halogens is 2. The highest BCUT2D eigenvalue weighted by Gasteiger charge is 2.41. The van der Waals surface area contributed by atoms with E-state index in [0.29, 0.717) is 13.0 Å². The second-order valence-electron chi connectivity index (χ2n) is 6.44. The molecule has 0 bridgehead atoms. The van der Waals surface area contributed by atoms with E-state index in [1.54, 1.807) is 6.20 Å². The number of nitrogens with zero attached hydrogens (tertiary/aromatic N) is 4. The van der Waals surface area contributed by atoms with Gasteiger partial charge in [-0.2, -0.15) is 5.10 Å². The summed E-state index contributed by atoms with van der Waals surface area (Å²) in [4.78, 5) is 17.5. The lowest BCUT2D eigenvalue weighted by molar-refractivity contribution is -0.131. The van der Waals surface area contributed by atoms with Gasteiger partial charge in [-0.3, -0.25) is 9.48 Å². The van der Waals surface area contributed by atoms with Crippen molar-refractivity contribution in [1.29, 1.82) is 0 Å². The number of rotatable bonds is 5. The summed E-state index contributed by atoms with van der Waals surface area (Å²) < 4.78 is 3.81. The van der Waals surface area contributed by atoms with Gasteiger partial charge < -0.3 is 15.0 Å². The number of imidazole rings is 1. The zero-order chi connectivity index (χ0) is 17.1. The highest BCUT2D eigenvalue weighted by molar-refractivity contribution is 5.85. The van der Waals surface area contributed by atoms with Crippen molar-refractivity contribution < 1.29 is 4.79 Å². The Labute approximate surface area is 170 Å². The molecule has 0 aliphatic carbocycles. The lowest BCUT2D eigenvalue weighted by Gasteiger charge is -2.36. The second-order valence-corrected chi connectivity index (χ2v) is 6.44. The van der Waals surface area contributed by atoms with E-state index in [1.165, 1.54) is 0 Å². The molecule has 1 saturated heterocycles. The van der Waals surface area contributed by atoms with Gasteiger partial charge in [0.1, 0.15) is 11.2 Å². The van der Waals surface area contributed by atoms with Crippen molar-refractivity contribution >= 4 is 36.4 Å². The predicted molar refractivity (Wildman–Crippen MR) is 109 cm³/mol. The molecule has 7 nitrogen and oxygen atoms in total. The SMILES string of the molecule is Cl.Cl.O=C(NCCc1cn2ccccc2n1)C1(n2cccn2)CCNCC1. The van der Waals surface area contributed by atoms with Crippen LogP contribution in [0.25, 0.3) is 5.65 Å².